The molecular weight excluding hydrogens is 234 g/mol. The van der Waals surface area contributed by atoms with E-state index in [2.05, 4.69) is 16.0 Å². The molecule has 0 spiro atoms. The summed E-state index contributed by atoms with van der Waals surface area (Å²) in [6.07, 6.45) is 2.65. The Morgan fingerprint density at radius 1 is 1.39 bits per heavy atom. The van der Waals surface area contributed by atoms with Crippen molar-refractivity contribution in [2.75, 3.05) is 26.8 Å². The van der Waals surface area contributed by atoms with Crippen LogP contribution >= 0.6 is 0 Å². The lowest BCUT2D eigenvalue weighted by Crippen LogP contribution is -2.50. The van der Waals surface area contributed by atoms with Crippen molar-refractivity contribution in [1.29, 1.82) is 0 Å². The number of rotatable bonds is 3. The van der Waals surface area contributed by atoms with Gasteiger partial charge in [0, 0.05) is 12.6 Å². The van der Waals surface area contributed by atoms with E-state index >= 15 is 0 Å². The molecule has 18 heavy (non-hydrogen) atoms. The summed E-state index contributed by atoms with van der Waals surface area (Å²) in [5.41, 5.74) is 0. The number of likely N-dealkylation sites (N-methyl/N-ethyl adjacent to an activating group) is 1. The molecule has 2 aliphatic rings. The lowest BCUT2D eigenvalue weighted by molar-refractivity contribution is -0.131. The first kappa shape index (κ1) is 13.3. The summed E-state index contributed by atoms with van der Waals surface area (Å²) < 4.78 is 5.30. The number of nitrogens with one attached hydrogen (secondary N) is 3. The highest BCUT2D eigenvalue weighted by Crippen LogP contribution is 2.14. The fraction of sp³-hybridized carbons (Fsp3) is 0.833. The van der Waals surface area contributed by atoms with Crippen molar-refractivity contribution in [1.82, 2.24) is 16.0 Å². The molecule has 2 amide bonds. The van der Waals surface area contributed by atoms with Crippen LogP contribution in [0.3, 0.4) is 0 Å². The molecule has 2 rings (SSSR count). The normalized spacial score (nSPS) is 32.7. The van der Waals surface area contributed by atoms with Crippen molar-refractivity contribution in [3.63, 3.8) is 0 Å². The maximum absolute atomic E-state index is 12.1. The van der Waals surface area contributed by atoms with Gasteiger partial charge in [0.05, 0.1) is 19.1 Å². The van der Waals surface area contributed by atoms with Gasteiger partial charge in [-0.2, -0.15) is 0 Å². The zero-order valence-corrected chi connectivity index (χ0v) is 10.7. The Balaban J connectivity index is 1.91. The molecule has 0 aliphatic carbocycles. The molecular formula is C12H21N3O3. The molecule has 3 atom stereocenters. The minimum atomic E-state index is -0.391. The highest BCUT2D eigenvalue weighted by atomic mass is 16.5. The summed E-state index contributed by atoms with van der Waals surface area (Å²) in [4.78, 5) is 23.9. The zero-order valence-electron chi connectivity index (χ0n) is 10.7. The molecule has 0 aromatic rings. The predicted octanol–water partition coefficient (Wildman–Crippen LogP) is -0.994. The summed E-state index contributed by atoms with van der Waals surface area (Å²) in [7, 11) is 1.82. The van der Waals surface area contributed by atoms with Gasteiger partial charge in [-0.3, -0.25) is 9.59 Å². The third kappa shape index (κ3) is 3.00. The highest BCUT2D eigenvalue weighted by molar-refractivity contribution is 5.89. The van der Waals surface area contributed by atoms with E-state index in [9.17, 15) is 9.59 Å². The highest BCUT2D eigenvalue weighted by Gasteiger charge is 2.35. The quantitative estimate of drug-likeness (QED) is 0.605. The Morgan fingerprint density at radius 3 is 3.00 bits per heavy atom. The lowest BCUT2D eigenvalue weighted by Gasteiger charge is -2.20. The molecule has 0 aromatic carbocycles. The van der Waals surface area contributed by atoms with Crippen LogP contribution in [0.15, 0.2) is 0 Å². The van der Waals surface area contributed by atoms with E-state index in [1.807, 2.05) is 7.05 Å². The van der Waals surface area contributed by atoms with Crippen LogP contribution in [0.25, 0.3) is 0 Å². The average Bonchev–Trinajstić information content (AvgIpc) is 2.76. The molecule has 102 valence electrons. The van der Waals surface area contributed by atoms with Gasteiger partial charge < -0.3 is 20.7 Å². The van der Waals surface area contributed by atoms with Gasteiger partial charge in [-0.25, -0.2) is 0 Å². The molecule has 2 saturated heterocycles. The van der Waals surface area contributed by atoms with Crippen LogP contribution in [0.2, 0.25) is 0 Å². The molecule has 2 fully saturated rings. The van der Waals surface area contributed by atoms with E-state index < -0.39 is 6.04 Å². The van der Waals surface area contributed by atoms with Gasteiger partial charge in [-0.1, -0.05) is 0 Å². The van der Waals surface area contributed by atoms with E-state index in [1.165, 1.54) is 0 Å². The SMILES string of the molecule is CNC1COCC1C(=O)NC1CCCCNC1=O. The van der Waals surface area contributed by atoms with Crippen molar-refractivity contribution in [2.24, 2.45) is 5.92 Å². The van der Waals surface area contributed by atoms with E-state index in [-0.39, 0.29) is 23.8 Å². The molecule has 2 aliphatic heterocycles. The van der Waals surface area contributed by atoms with E-state index in [1.54, 1.807) is 0 Å². The maximum atomic E-state index is 12.1. The number of carbonyl (C=O) groups is 2. The Hall–Kier alpha value is -1.14. The fourth-order valence-corrected chi connectivity index (χ4v) is 2.45. The summed E-state index contributed by atoms with van der Waals surface area (Å²) in [5.74, 6) is -0.360. The maximum Gasteiger partial charge on any atom is 0.242 e. The first-order valence-corrected chi connectivity index (χ1v) is 6.55. The van der Waals surface area contributed by atoms with Crippen LogP contribution < -0.4 is 16.0 Å². The molecule has 0 aromatic heterocycles. The molecule has 0 radical (unpaired) electrons. The first-order chi connectivity index (χ1) is 8.72. The molecule has 0 bridgehead atoms. The van der Waals surface area contributed by atoms with Crippen LogP contribution in [-0.4, -0.2) is 50.7 Å². The summed E-state index contributed by atoms with van der Waals surface area (Å²) in [6, 6.07) is -0.350. The van der Waals surface area contributed by atoms with Gasteiger partial charge in [0.15, 0.2) is 0 Å². The van der Waals surface area contributed by atoms with E-state index in [0.29, 0.717) is 19.8 Å². The smallest absolute Gasteiger partial charge is 0.242 e. The van der Waals surface area contributed by atoms with Crippen molar-refractivity contribution in [3.05, 3.63) is 0 Å². The standard InChI is InChI=1S/C12H21N3O3/c1-13-10-7-18-6-8(10)11(16)15-9-4-2-3-5-14-12(9)17/h8-10,13H,2-7H2,1H3,(H,14,17)(H,15,16). The predicted molar refractivity (Wildman–Crippen MR) is 65.9 cm³/mol. The topological polar surface area (TPSA) is 79.5 Å². The zero-order chi connectivity index (χ0) is 13.0. The van der Waals surface area contributed by atoms with Gasteiger partial charge in [0.25, 0.3) is 0 Å². The summed E-state index contributed by atoms with van der Waals surface area (Å²) in [6.45, 7) is 1.67. The molecule has 3 unspecified atom stereocenters. The minimum Gasteiger partial charge on any atom is -0.379 e. The Labute approximate surface area is 107 Å². The van der Waals surface area contributed by atoms with Gasteiger partial charge in [0.2, 0.25) is 11.8 Å². The monoisotopic (exact) mass is 255 g/mol. The number of hydrogen-bond acceptors (Lipinski definition) is 4. The largest absolute Gasteiger partial charge is 0.379 e. The van der Waals surface area contributed by atoms with Crippen molar-refractivity contribution in [2.45, 2.75) is 31.3 Å². The third-order valence-electron chi connectivity index (χ3n) is 3.64. The van der Waals surface area contributed by atoms with Crippen molar-refractivity contribution < 1.29 is 14.3 Å². The van der Waals surface area contributed by atoms with Crippen molar-refractivity contribution >= 4 is 11.8 Å². The number of amides is 2. The molecule has 6 nitrogen and oxygen atoms in total. The van der Waals surface area contributed by atoms with Gasteiger partial charge in [-0.05, 0) is 26.3 Å². The number of hydrogen-bond donors (Lipinski definition) is 3. The van der Waals surface area contributed by atoms with Crippen LogP contribution in [0.4, 0.5) is 0 Å². The van der Waals surface area contributed by atoms with Gasteiger partial charge in [-0.15, -0.1) is 0 Å². The Morgan fingerprint density at radius 2 is 2.22 bits per heavy atom. The fourth-order valence-electron chi connectivity index (χ4n) is 2.45. The summed E-state index contributed by atoms with van der Waals surface area (Å²) >= 11 is 0. The third-order valence-corrected chi connectivity index (χ3v) is 3.64. The number of carbonyl (C=O) groups excluding carboxylic acids is 2. The van der Waals surface area contributed by atoms with Crippen LogP contribution in [0.5, 0.6) is 0 Å². The molecule has 0 saturated carbocycles. The second-order valence-electron chi connectivity index (χ2n) is 4.89. The lowest BCUT2D eigenvalue weighted by atomic mass is 10.0. The Kier molecular flexibility index (Phi) is 4.54. The van der Waals surface area contributed by atoms with Crippen molar-refractivity contribution in [3.8, 4) is 0 Å². The molecule has 6 heteroatoms. The van der Waals surface area contributed by atoms with Gasteiger partial charge >= 0.3 is 0 Å². The second kappa shape index (κ2) is 6.15. The van der Waals surface area contributed by atoms with Crippen LogP contribution in [0.1, 0.15) is 19.3 Å². The minimum absolute atomic E-state index is 0.0406. The van der Waals surface area contributed by atoms with Gasteiger partial charge in [0.1, 0.15) is 6.04 Å². The van der Waals surface area contributed by atoms with Crippen LogP contribution in [-0.2, 0) is 14.3 Å². The average molecular weight is 255 g/mol. The Bertz CT molecular complexity index is 322. The van der Waals surface area contributed by atoms with E-state index in [4.69, 9.17) is 4.74 Å². The first-order valence-electron chi connectivity index (χ1n) is 6.55. The van der Waals surface area contributed by atoms with E-state index in [0.717, 1.165) is 19.3 Å². The molecule has 2 heterocycles. The van der Waals surface area contributed by atoms with Crippen LogP contribution in [0, 0.1) is 5.92 Å². The summed E-state index contributed by atoms with van der Waals surface area (Å²) in [5, 5.41) is 8.73. The molecule has 3 N–H and O–H groups in total. The second-order valence-corrected chi connectivity index (χ2v) is 4.89. The number of ether oxygens (including phenoxy) is 1.